The summed E-state index contributed by atoms with van der Waals surface area (Å²) in [6.07, 6.45) is 3.59. The second kappa shape index (κ2) is 11.5. The van der Waals surface area contributed by atoms with Gasteiger partial charge in [-0.1, -0.05) is 72.4 Å². The van der Waals surface area contributed by atoms with Crippen LogP contribution in [0.2, 0.25) is 0 Å². The fraction of sp³-hybridized carbons (Fsp3) is 0.200. The van der Waals surface area contributed by atoms with E-state index in [0.717, 1.165) is 33.1 Å². The number of fused-ring (bicyclic) bond motifs is 1. The van der Waals surface area contributed by atoms with Crippen LogP contribution in [0.3, 0.4) is 0 Å². The van der Waals surface area contributed by atoms with Gasteiger partial charge in [-0.3, -0.25) is 9.78 Å². The molecule has 38 heavy (non-hydrogen) atoms. The molecule has 5 rings (SSSR count). The van der Waals surface area contributed by atoms with E-state index in [1.54, 1.807) is 12.4 Å². The summed E-state index contributed by atoms with van der Waals surface area (Å²) in [5.41, 5.74) is 5.72. The van der Waals surface area contributed by atoms with E-state index in [4.69, 9.17) is 9.73 Å². The second-order valence-electron chi connectivity index (χ2n) is 9.13. The fourth-order valence-electron chi connectivity index (χ4n) is 4.55. The number of amidine groups is 1. The van der Waals surface area contributed by atoms with Crippen LogP contribution in [0, 0.1) is 6.92 Å². The first-order valence-electron chi connectivity index (χ1n) is 12.4. The Morgan fingerprint density at radius 1 is 1.00 bits per heavy atom. The van der Waals surface area contributed by atoms with Gasteiger partial charge in [0.1, 0.15) is 6.61 Å². The number of benzene rings is 2. The third-order valence-corrected chi connectivity index (χ3v) is 7.36. The molecular formula is C30H28N4O3S. The van der Waals surface area contributed by atoms with E-state index >= 15 is 0 Å². The Bertz CT molecular complexity index is 1430. The van der Waals surface area contributed by atoms with E-state index in [0.29, 0.717) is 17.8 Å². The first-order valence-corrected chi connectivity index (χ1v) is 13.3. The largest absolute Gasteiger partial charge is 0.457 e. The van der Waals surface area contributed by atoms with Crippen molar-refractivity contribution in [1.82, 2.24) is 15.2 Å². The molecule has 0 saturated carbocycles. The monoisotopic (exact) mass is 524 g/mol. The number of ether oxygens (including phenoxy) is 1. The van der Waals surface area contributed by atoms with Crippen molar-refractivity contribution < 1.29 is 14.3 Å². The lowest BCUT2D eigenvalue weighted by Gasteiger charge is -2.37. The Morgan fingerprint density at radius 3 is 2.53 bits per heavy atom. The molecule has 2 aromatic carbocycles. The average Bonchev–Trinajstić information content (AvgIpc) is 3.33. The first-order chi connectivity index (χ1) is 18.5. The molecule has 1 atom stereocenters. The minimum atomic E-state index is -0.459. The maximum Gasteiger partial charge on any atom is 0.338 e. The van der Waals surface area contributed by atoms with E-state index in [-0.39, 0.29) is 18.9 Å². The lowest BCUT2D eigenvalue weighted by Crippen LogP contribution is -2.38. The summed E-state index contributed by atoms with van der Waals surface area (Å²) in [6.45, 7) is 4.43. The number of aliphatic imine (C=N–C) groups is 1. The lowest BCUT2D eigenvalue weighted by molar-refractivity contribution is -0.141. The highest BCUT2D eigenvalue weighted by molar-refractivity contribution is 8.16. The average molecular weight is 525 g/mol. The summed E-state index contributed by atoms with van der Waals surface area (Å²) in [4.78, 5) is 37.4. The normalized spacial score (nSPS) is 16.5. The fourth-order valence-corrected chi connectivity index (χ4v) is 5.51. The maximum absolute atomic E-state index is 13.6. The highest BCUT2D eigenvalue weighted by Crippen LogP contribution is 2.45. The Labute approximate surface area is 226 Å². The van der Waals surface area contributed by atoms with Crippen LogP contribution in [-0.2, 0) is 27.5 Å². The number of carbonyl (C=O) groups is 2. The van der Waals surface area contributed by atoms with Gasteiger partial charge in [0.15, 0.2) is 5.17 Å². The van der Waals surface area contributed by atoms with Gasteiger partial charge >= 0.3 is 5.97 Å². The van der Waals surface area contributed by atoms with Crippen LogP contribution in [0.4, 0.5) is 0 Å². The summed E-state index contributed by atoms with van der Waals surface area (Å²) < 4.78 is 5.78. The molecule has 7 nitrogen and oxygen atoms in total. The molecule has 3 aromatic rings. The van der Waals surface area contributed by atoms with Crippen LogP contribution in [0.5, 0.6) is 0 Å². The zero-order valence-electron chi connectivity index (χ0n) is 21.3. The maximum atomic E-state index is 13.6. The Kier molecular flexibility index (Phi) is 7.70. The van der Waals surface area contributed by atoms with Crippen LogP contribution >= 0.6 is 11.8 Å². The van der Waals surface area contributed by atoms with Crippen LogP contribution in [0.1, 0.15) is 41.6 Å². The number of rotatable bonds is 8. The third kappa shape index (κ3) is 5.55. The highest BCUT2D eigenvalue weighted by Gasteiger charge is 2.41. The van der Waals surface area contributed by atoms with Crippen molar-refractivity contribution in [2.24, 2.45) is 4.99 Å². The van der Waals surface area contributed by atoms with Gasteiger partial charge in [-0.2, -0.15) is 0 Å². The van der Waals surface area contributed by atoms with Crippen LogP contribution in [-0.4, -0.2) is 26.9 Å². The molecule has 1 aromatic heterocycles. The summed E-state index contributed by atoms with van der Waals surface area (Å²) >= 11 is 1.46. The van der Waals surface area contributed by atoms with Crippen molar-refractivity contribution in [1.29, 1.82) is 0 Å². The first kappa shape index (κ1) is 25.5. The quantitative estimate of drug-likeness (QED) is 0.397. The molecule has 192 valence electrons. The summed E-state index contributed by atoms with van der Waals surface area (Å²) in [7, 11) is 0. The molecular weight excluding hydrogens is 496 g/mol. The molecule has 0 aliphatic carbocycles. The van der Waals surface area contributed by atoms with Gasteiger partial charge in [0.25, 0.3) is 0 Å². The smallest absolute Gasteiger partial charge is 0.338 e. The van der Waals surface area contributed by atoms with E-state index in [1.807, 2.05) is 90.9 Å². The van der Waals surface area contributed by atoms with Crippen molar-refractivity contribution in [3.8, 4) is 0 Å². The molecule has 2 aliphatic heterocycles. The number of nitrogens with zero attached hydrogens (tertiary/aromatic N) is 3. The van der Waals surface area contributed by atoms with Gasteiger partial charge in [-0.05, 0) is 47.6 Å². The number of allylic oxidation sites excluding steroid dienone is 1. The molecule has 0 bridgehead atoms. The van der Waals surface area contributed by atoms with Gasteiger partial charge in [0.05, 0.1) is 23.7 Å². The molecule has 2 aliphatic rings. The van der Waals surface area contributed by atoms with E-state index < -0.39 is 12.0 Å². The number of carbonyl (C=O) groups excluding carboxylic acids is 2. The summed E-state index contributed by atoms with van der Waals surface area (Å²) in [6, 6.07) is 20.9. The van der Waals surface area contributed by atoms with Gasteiger partial charge in [-0.25, -0.2) is 9.79 Å². The van der Waals surface area contributed by atoms with Crippen LogP contribution in [0.25, 0.3) is 0 Å². The van der Waals surface area contributed by atoms with Gasteiger partial charge in [0, 0.05) is 24.6 Å². The predicted octanol–water partition coefficient (Wildman–Crippen LogP) is 5.41. The molecule has 8 heteroatoms. The van der Waals surface area contributed by atoms with Crippen LogP contribution < -0.4 is 5.32 Å². The standard InChI is InChI=1S/C30H28N4O3S/c1-20-9-6-7-13-25(20)28-27(29(36)37-18-22-10-4-3-5-11-22)21(2)33-30-34(28)24(19-38-30)15-26(35)32-17-23-12-8-14-31-16-23/h3-14,16,19,28H,15,17-18H2,1-2H3,(H,32,35). The number of thioether (sulfide) groups is 1. The molecule has 3 heterocycles. The number of amides is 1. The number of nitrogens with one attached hydrogen (secondary N) is 1. The highest BCUT2D eigenvalue weighted by atomic mass is 32.2. The zero-order valence-corrected chi connectivity index (χ0v) is 22.1. The Balaban J connectivity index is 1.41. The van der Waals surface area contributed by atoms with E-state index in [2.05, 4.69) is 10.3 Å². The summed E-state index contributed by atoms with van der Waals surface area (Å²) in [5.74, 6) is -0.537. The molecule has 0 fully saturated rings. The van der Waals surface area contributed by atoms with Crippen molar-refractivity contribution in [3.63, 3.8) is 0 Å². The van der Waals surface area contributed by atoms with E-state index in [9.17, 15) is 9.59 Å². The molecule has 1 N–H and O–H groups in total. The summed E-state index contributed by atoms with van der Waals surface area (Å²) in [5, 5.41) is 5.65. The van der Waals surface area contributed by atoms with Crippen molar-refractivity contribution in [2.75, 3.05) is 0 Å². The Hall–Kier alpha value is -4.17. The minimum Gasteiger partial charge on any atom is -0.457 e. The van der Waals surface area contributed by atoms with E-state index in [1.165, 1.54) is 11.8 Å². The van der Waals surface area contributed by atoms with Crippen molar-refractivity contribution in [2.45, 2.75) is 39.5 Å². The molecule has 0 radical (unpaired) electrons. The number of hydrogen-bond donors (Lipinski definition) is 1. The predicted molar refractivity (Wildman–Crippen MR) is 149 cm³/mol. The van der Waals surface area contributed by atoms with Crippen molar-refractivity contribution >= 4 is 28.8 Å². The lowest BCUT2D eigenvalue weighted by atomic mass is 9.91. The number of esters is 1. The molecule has 0 saturated heterocycles. The van der Waals surface area contributed by atoms with Gasteiger partial charge in [0.2, 0.25) is 5.91 Å². The Morgan fingerprint density at radius 2 is 1.76 bits per heavy atom. The number of pyridine rings is 1. The number of aromatic nitrogens is 1. The van der Waals surface area contributed by atoms with Crippen LogP contribution in [0.15, 0.2) is 106 Å². The SMILES string of the molecule is CC1=C(C(=O)OCc2ccccc2)C(c2ccccc2C)N2C(CC(=O)NCc3cccnc3)=CSC2=N1. The minimum absolute atomic E-state index is 0.120. The topological polar surface area (TPSA) is 83.9 Å². The molecule has 1 unspecified atom stereocenters. The third-order valence-electron chi connectivity index (χ3n) is 6.47. The second-order valence-corrected chi connectivity index (χ2v) is 9.96. The van der Waals surface area contributed by atoms with Gasteiger partial charge < -0.3 is 15.0 Å². The number of hydrogen-bond acceptors (Lipinski definition) is 7. The van der Waals surface area contributed by atoms with Gasteiger partial charge in [-0.15, -0.1) is 0 Å². The zero-order chi connectivity index (χ0) is 26.5. The molecule has 0 spiro atoms. The molecule has 1 amide bonds. The number of aryl methyl sites for hydroxylation is 1. The van der Waals surface area contributed by atoms with Crippen molar-refractivity contribution in [3.05, 3.63) is 124 Å².